The third-order valence-electron chi connectivity index (χ3n) is 11.1. The van der Waals surface area contributed by atoms with E-state index >= 15 is 0 Å². The van der Waals surface area contributed by atoms with E-state index in [0.29, 0.717) is 17.4 Å². The Balaban J connectivity index is 4.23. The van der Waals surface area contributed by atoms with E-state index in [1.807, 2.05) is 21.1 Å². The second kappa shape index (κ2) is 48.9. The summed E-state index contributed by atoms with van der Waals surface area (Å²) < 4.78 is 34.4. The second-order valence-corrected chi connectivity index (χ2v) is 20.3. The highest BCUT2D eigenvalue weighted by molar-refractivity contribution is 7.47. The Hall–Kier alpha value is -3.07. The van der Waals surface area contributed by atoms with Gasteiger partial charge in [-0.2, -0.15) is 0 Å². The van der Waals surface area contributed by atoms with E-state index in [-0.39, 0.29) is 32.0 Å². The number of likely N-dealkylation sites (N-methyl/N-ethyl adjacent to an activating group) is 1. The lowest BCUT2D eigenvalue weighted by atomic mass is 10.0. The summed E-state index contributed by atoms with van der Waals surface area (Å²) in [5, 5.41) is 0. The van der Waals surface area contributed by atoms with Crippen molar-refractivity contribution in [2.24, 2.45) is 0 Å². The van der Waals surface area contributed by atoms with Crippen LogP contribution in [0.3, 0.4) is 0 Å². The van der Waals surface area contributed by atoms with Gasteiger partial charge in [0.15, 0.2) is 6.10 Å². The Kier molecular flexibility index (Phi) is 46.7. The molecule has 0 fully saturated rings. The molecule has 9 nitrogen and oxygen atoms in total. The molecule has 2 atom stereocenters. The molecule has 1 N–H and O–H groups in total. The number of quaternary nitrogens is 1. The summed E-state index contributed by atoms with van der Waals surface area (Å²) >= 11 is 0. The van der Waals surface area contributed by atoms with E-state index in [9.17, 15) is 19.0 Å². The van der Waals surface area contributed by atoms with E-state index in [1.54, 1.807) is 0 Å². The van der Waals surface area contributed by atoms with Gasteiger partial charge in [0.05, 0.1) is 27.7 Å². The fourth-order valence-corrected chi connectivity index (χ4v) is 7.71. The van der Waals surface area contributed by atoms with Gasteiger partial charge < -0.3 is 18.9 Å². The average molecular weight is 971 g/mol. The third kappa shape index (κ3) is 52.3. The first-order valence-corrected chi connectivity index (χ1v) is 28.5. The van der Waals surface area contributed by atoms with Gasteiger partial charge in [-0.1, -0.05) is 214 Å². The SMILES string of the molecule is CC/C=C\C/C=C\C/C=C\C/C=C\C/C=C\C/C=C\C/C=C\C/C=C\CCCCCCCCC(=O)OC(COC(=O)CCCCCCCCCCCCCCC)COP(=O)(O)OCC[N+](C)(C)C. The van der Waals surface area contributed by atoms with Crippen molar-refractivity contribution in [3.63, 3.8) is 0 Å². The molecule has 0 aromatic heterocycles. The van der Waals surface area contributed by atoms with Crippen molar-refractivity contribution in [1.82, 2.24) is 0 Å². The summed E-state index contributed by atoms with van der Waals surface area (Å²) in [6.45, 7) is 4.29. The van der Waals surface area contributed by atoms with Gasteiger partial charge in [0, 0.05) is 12.8 Å². The normalized spacial score (nSPS) is 14.1. The number of unbranched alkanes of at least 4 members (excludes halogenated alkanes) is 18. The van der Waals surface area contributed by atoms with Crippen LogP contribution in [0, 0.1) is 0 Å². The molecule has 0 aromatic carbocycles. The van der Waals surface area contributed by atoms with Crippen LogP contribution in [0.2, 0.25) is 0 Å². The lowest BCUT2D eigenvalue weighted by molar-refractivity contribution is -0.870. The minimum atomic E-state index is -4.39. The number of ether oxygens (including phenoxy) is 2. The molecule has 0 aliphatic carbocycles. The van der Waals surface area contributed by atoms with Crippen LogP contribution in [0.4, 0.5) is 0 Å². The zero-order valence-corrected chi connectivity index (χ0v) is 45.0. The topological polar surface area (TPSA) is 108 Å². The van der Waals surface area contributed by atoms with Crippen LogP contribution in [-0.4, -0.2) is 74.9 Å². The monoisotopic (exact) mass is 971 g/mol. The quantitative estimate of drug-likeness (QED) is 0.0211. The number of hydrogen-bond donors (Lipinski definition) is 1. The van der Waals surface area contributed by atoms with Crippen molar-refractivity contribution in [3.8, 4) is 0 Å². The van der Waals surface area contributed by atoms with Crippen molar-refractivity contribution >= 4 is 19.8 Å². The maximum atomic E-state index is 12.8. The molecular weight excluding hydrogens is 870 g/mol. The summed E-state index contributed by atoms with van der Waals surface area (Å²) in [6.07, 6.45) is 66.1. The van der Waals surface area contributed by atoms with Crippen molar-refractivity contribution in [2.75, 3.05) is 47.5 Å². The summed E-state index contributed by atoms with van der Waals surface area (Å²) in [5.74, 6) is -0.818. The Bertz CT molecular complexity index is 1470. The van der Waals surface area contributed by atoms with E-state index in [1.165, 1.54) is 64.2 Å². The summed E-state index contributed by atoms with van der Waals surface area (Å²) in [6, 6.07) is 0. The molecule has 0 aliphatic rings. The molecule has 0 heterocycles. The molecule has 0 spiro atoms. The Labute approximate surface area is 417 Å². The Morgan fingerprint density at radius 1 is 0.471 bits per heavy atom. The standard InChI is InChI=1S/C58H100NO8P/c1-6-8-10-12-14-16-18-20-21-22-23-24-25-26-27-28-29-30-31-32-33-34-35-36-37-39-41-43-45-47-49-51-58(61)67-56(55-66-68(62,63)65-53-52-59(3,4)5)54-64-57(60)50-48-46-44-42-40-38-19-17-15-13-11-9-7-2/h8,10,14,16,20-21,23-24,26-27,29-30,32-33,35-36,56H,6-7,9,11-13,15,17-19,22,25,28,31,34,37-55H2,1-5H3/p+1/b10-8-,16-14-,21-20-,24-23-,27-26-,30-29-,33-32-,36-35-. The van der Waals surface area contributed by atoms with Crippen LogP contribution < -0.4 is 0 Å². The lowest BCUT2D eigenvalue weighted by Gasteiger charge is -2.24. The molecule has 68 heavy (non-hydrogen) atoms. The van der Waals surface area contributed by atoms with E-state index in [0.717, 1.165) is 109 Å². The molecule has 0 rings (SSSR count). The predicted octanol–water partition coefficient (Wildman–Crippen LogP) is 16.5. The molecule has 10 heteroatoms. The molecule has 0 aromatic rings. The van der Waals surface area contributed by atoms with E-state index in [4.69, 9.17) is 18.5 Å². The maximum absolute atomic E-state index is 12.8. The van der Waals surface area contributed by atoms with Gasteiger partial charge in [-0.3, -0.25) is 18.6 Å². The van der Waals surface area contributed by atoms with Gasteiger partial charge in [-0.15, -0.1) is 0 Å². The number of phosphoric ester groups is 1. The molecule has 0 saturated heterocycles. The number of esters is 2. The average Bonchev–Trinajstić information content (AvgIpc) is 3.30. The highest BCUT2D eigenvalue weighted by Crippen LogP contribution is 2.43. The van der Waals surface area contributed by atoms with Crippen molar-refractivity contribution < 1.29 is 42.1 Å². The number of carbonyl (C=O) groups excluding carboxylic acids is 2. The van der Waals surface area contributed by atoms with Crippen LogP contribution in [0.1, 0.15) is 206 Å². The minimum absolute atomic E-state index is 0.0248. The van der Waals surface area contributed by atoms with Gasteiger partial charge in [-0.25, -0.2) is 4.57 Å². The van der Waals surface area contributed by atoms with Crippen molar-refractivity contribution in [2.45, 2.75) is 213 Å². The molecule has 0 radical (unpaired) electrons. The number of carbonyl (C=O) groups is 2. The van der Waals surface area contributed by atoms with Crippen LogP contribution in [0.25, 0.3) is 0 Å². The number of hydrogen-bond acceptors (Lipinski definition) is 7. The zero-order valence-electron chi connectivity index (χ0n) is 44.1. The molecule has 0 aliphatic heterocycles. The van der Waals surface area contributed by atoms with E-state index < -0.39 is 26.5 Å². The minimum Gasteiger partial charge on any atom is -0.462 e. The summed E-state index contributed by atoms with van der Waals surface area (Å²) in [4.78, 5) is 35.5. The second-order valence-electron chi connectivity index (χ2n) is 18.9. The van der Waals surface area contributed by atoms with Gasteiger partial charge in [0.2, 0.25) is 0 Å². The molecule has 0 saturated carbocycles. The van der Waals surface area contributed by atoms with Gasteiger partial charge in [-0.05, 0) is 77.0 Å². The van der Waals surface area contributed by atoms with Crippen LogP contribution in [-0.2, 0) is 32.7 Å². The first-order valence-electron chi connectivity index (χ1n) is 27.0. The highest BCUT2D eigenvalue weighted by atomic mass is 31.2. The molecule has 2 unspecified atom stereocenters. The lowest BCUT2D eigenvalue weighted by Crippen LogP contribution is -2.37. The van der Waals surface area contributed by atoms with Crippen LogP contribution in [0.15, 0.2) is 97.2 Å². The van der Waals surface area contributed by atoms with Crippen molar-refractivity contribution in [1.29, 1.82) is 0 Å². The Morgan fingerprint density at radius 3 is 1.25 bits per heavy atom. The number of rotatable bonds is 48. The Morgan fingerprint density at radius 2 is 0.838 bits per heavy atom. The fraction of sp³-hybridized carbons (Fsp3) is 0.690. The third-order valence-corrected chi connectivity index (χ3v) is 12.1. The largest absolute Gasteiger partial charge is 0.472 e. The number of phosphoric acid groups is 1. The van der Waals surface area contributed by atoms with Gasteiger partial charge in [0.25, 0.3) is 0 Å². The molecule has 0 bridgehead atoms. The zero-order chi connectivity index (χ0) is 49.9. The summed E-state index contributed by atoms with van der Waals surface area (Å²) in [5.41, 5.74) is 0. The van der Waals surface area contributed by atoms with Gasteiger partial charge >= 0.3 is 19.8 Å². The first-order chi connectivity index (χ1) is 33.0. The fourth-order valence-electron chi connectivity index (χ4n) is 6.97. The number of nitrogens with zero attached hydrogens (tertiary/aromatic N) is 1. The first kappa shape index (κ1) is 64.9. The molecule has 390 valence electrons. The van der Waals surface area contributed by atoms with Crippen molar-refractivity contribution in [3.05, 3.63) is 97.2 Å². The highest BCUT2D eigenvalue weighted by Gasteiger charge is 2.27. The smallest absolute Gasteiger partial charge is 0.462 e. The summed E-state index contributed by atoms with van der Waals surface area (Å²) in [7, 11) is 1.46. The van der Waals surface area contributed by atoms with E-state index in [2.05, 4.69) is 111 Å². The number of allylic oxidation sites excluding steroid dienone is 16. The van der Waals surface area contributed by atoms with Crippen LogP contribution in [0.5, 0.6) is 0 Å². The molecule has 0 amide bonds. The predicted molar refractivity (Wildman–Crippen MR) is 288 cm³/mol. The van der Waals surface area contributed by atoms with Crippen LogP contribution >= 0.6 is 7.82 Å². The molecular formula is C58H101NO8P+. The maximum Gasteiger partial charge on any atom is 0.472 e. The van der Waals surface area contributed by atoms with Gasteiger partial charge in [0.1, 0.15) is 19.8 Å².